The molecule has 2 N–H and O–H groups in total. The molecule has 0 saturated heterocycles. The number of fused-ring (bicyclic) bond motifs is 1. The number of unbranched alkanes of at least 4 members (excludes halogenated alkanes) is 1. The summed E-state index contributed by atoms with van der Waals surface area (Å²) in [6.45, 7) is 8.82. The fourth-order valence-electron chi connectivity index (χ4n) is 3.04. The first kappa shape index (κ1) is 17.2. The fourth-order valence-corrected chi connectivity index (χ4v) is 3.04. The molecule has 8 heteroatoms. The average molecular weight is 344 g/mol. The van der Waals surface area contributed by atoms with Crippen LogP contribution in [0.15, 0.2) is 15.8 Å². The zero-order valence-corrected chi connectivity index (χ0v) is 15.3. The quantitative estimate of drug-likeness (QED) is 0.755. The Labute approximate surface area is 144 Å². The standard InChI is InChI=1S/C17H24N6O2/c1-6-7-8-23-14-11(15(24)20-16(23)25)22(5)13(19-14)10-9-18-21-12(10)17(2,3)4/h9H,6-8H2,1-5H3,(H,18,21)(H,20,24,25). The molecule has 0 aliphatic rings. The Morgan fingerprint density at radius 2 is 1.96 bits per heavy atom. The highest BCUT2D eigenvalue weighted by molar-refractivity contribution is 5.77. The highest BCUT2D eigenvalue weighted by Gasteiger charge is 2.25. The van der Waals surface area contributed by atoms with Gasteiger partial charge in [0.2, 0.25) is 0 Å². The van der Waals surface area contributed by atoms with Crippen molar-refractivity contribution in [1.82, 2.24) is 29.3 Å². The predicted octanol–water partition coefficient (Wildman–Crippen LogP) is 1.91. The number of hydrogen-bond acceptors (Lipinski definition) is 4. The molecule has 3 aromatic heterocycles. The monoisotopic (exact) mass is 344 g/mol. The van der Waals surface area contributed by atoms with Crippen LogP contribution in [0.2, 0.25) is 0 Å². The van der Waals surface area contributed by atoms with Gasteiger partial charge in [0, 0.05) is 19.0 Å². The van der Waals surface area contributed by atoms with Crippen LogP contribution in [0.3, 0.4) is 0 Å². The number of hydrogen-bond donors (Lipinski definition) is 2. The summed E-state index contributed by atoms with van der Waals surface area (Å²) < 4.78 is 3.27. The largest absolute Gasteiger partial charge is 0.330 e. The molecule has 0 bridgehead atoms. The van der Waals surface area contributed by atoms with E-state index in [1.165, 1.54) is 0 Å². The smallest absolute Gasteiger partial charge is 0.321 e. The normalized spacial score (nSPS) is 12.2. The van der Waals surface area contributed by atoms with Crippen LogP contribution in [0.25, 0.3) is 22.6 Å². The third-order valence-corrected chi connectivity index (χ3v) is 4.38. The van der Waals surface area contributed by atoms with Crippen molar-refractivity contribution in [3.05, 3.63) is 32.7 Å². The van der Waals surface area contributed by atoms with E-state index in [0.717, 1.165) is 24.1 Å². The van der Waals surface area contributed by atoms with Gasteiger partial charge in [-0.25, -0.2) is 9.78 Å². The molecule has 0 amide bonds. The van der Waals surface area contributed by atoms with Gasteiger partial charge in [0.25, 0.3) is 5.56 Å². The Balaban J connectivity index is 2.31. The molecule has 3 heterocycles. The van der Waals surface area contributed by atoms with Gasteiger partial charge < -0.3 is 4.57 Å². The first-order valence-electron chi connectivity index (χ1n) is 8.49. The van der Waals surface area contributed by atoms with Crippen molar-refractivity contribution in [3.8, 4) is 11.4 Å². The summed E-state index contributed by atoms with van der Waals surface area (Å²) in [6, 6.07) is 0. The minimum absolute atomic E-state index is 0.154. The highest BCUT2D eigenvalue weighted by atomic mass is 16.2. The lowest BCUT2D eigenvalue weighted by molar-refractivity contribution is 0.567. The van der Waals surface area contributed by atoms with Crippen molar-refractivity contribution in [2.45, 2.75) is 52.5 Å². The zero-order chi connectivity index (χ0) is 18.4. The maximum atomic E-state index is 12.4. The van der Waals surface area contributed by atoms with Crippen molar-refractivity contribution in [2.75, 3.05) is 0 Å². The third-order valence-electron chi connectivity index (χ3n) is 4.38. The van der Waals surface area contributed by atoms with Crippen LogP contribution in [-0.4, -0.2) is 29.3 Å². The van der Waals surface area contributed by atoms with Gasteiger partial charge in [-0.3, -0.25) is 19.4 Å². The molecule has 25 heavy (non-hydrogen) atoms. The SMILES string of the molecule is CCCCn1c(=O)[nH]c(=O)c2c1nc(-c1cn[nH]c1C(C)(C)C)n2C. The first-order valence-corrected chi connectivity index (χ1v) is 8.49. The lowest BCUT2D eigenvalue weighted by atomic mass is 9.89. The van der Waals surface area contributed by atoms with E-state index in [1.54, 1.807) is 22.4 Å². The molecule has 8 nitrogen and oxygen atoms in total. The molecule has 0 aliphatic heterocycles. The summed E-state index contributed by atoms with van der Waals surface area (Å²) in [5, 5.41) is 7.19. The van der Waals surface area contributed by atoms with Crippen LogP contribution in [0.5, 0.6) is 0 Å². The molecule has 0 atom stereocenters. The second kappa shape index (κ2) is 6.02. The Bertz CT molecular complexity index is 1030. The molecule has 0 saturated carbocycles. The molecule has 134 valence electrons. The lowest BCUT2D eigenvalue weighted by Gasteiger charge is -2.18. The predicted molar refractivity (Wildman–Crippen MR) is 96.8 cm³/mol. The summed E-state index contributed by atoms with van der Waals surface area (Å²) in [6.07, 6.45) is 3.50. The number of nitrogens with zero attached hydrogens (tertiary/aromatic N) is 4. The van der Waals surface area contributed by atoms with Crippen molar-refractivity contribution in [3.63, 3.8) is 0 Å². The van der Waals surface area contributed by atoms with Crippen LogP contribution in [0.4, 0.5) is 0 Å². The number of aromatic nitrogens is 6. The van der Waals surface area contributed by atoms with Gasteiger partial charge in [-0.2, -0.15) is 5.10 Å². The zero-order valence-electron chi connectivity index (χ0n) is 15.3. The topological polar surface area (TPSA) is 101 Å². The van der Waals surface area contributed by atoms with Gasteiger partial charge in [0.05, 0.1) is 17.5 Å². The number of nitrogens with one attached hydrogen (secondary N) is 2. The van der Waals surface area contributed by atoms with Gasteiger partial charge in [-0.05, 0) is 6.42 Å². The van der Waals surface area contributed by atoms with E-state index in [9.17, 15) is 9.59 Å². The van der Waals surface area contributed by atoms with E-state index in [-0.39, 0.29) is 5.41 Å². The second-order valence-electron chi connectivity index (χ2n) is 7.34. The fraction of sp³-hybridized carbons (Fsp3) is 0.529. The summed E-state index contributed by atoms with van der Waals surface area (Å²) in [5.41, 5.74) is 1.59. The summed E-state index contributed by atoms with van der Waals surface area (Å²) in [4.78, 5) is 31.6. The molecule has 3 rings (SSSR count). The summed E-state index contributed by atoms with van der Waals surface area (Å²) >= 11 is 0. The number of aromatic amines is 2. The molecule has 0 unspecified atom stereocenters. The van der Waals surface area contributed by atoms with Crippen molar-refractivity contribution < 1.29 is 0 Å². The minimum atomic E-state index is -0.421. The molecule has 0 aliphatic carbocycles. The Morgan fingerprint density at radius 1 is 1.24 bits per heavy atom. The second-order valence-corrected chi connectivity index (χ2v) is 7.34. The van der Waals surface area contributed by atoms with Crippen LogP contribution < -0.4 is 11.2 Å². The van der Waals surface area contributed by atoms with Gasteiger partial charge in [0.1, 0.15) is 5.82 Å². The van der Waals surface area contributed by atoms with E-state index in [0.29, 0.717) is 23.5 Å². The van der Waals surface area contributed by atoms with Crippen molar-refractivity contribution in [1.29, 1.82) is 0 Å². The molecular formula is C17H24N6O2. The van der Waals surface area contributed by atoms with E-state index in [2.05, 4.69) is 47.9 Å². The maximum absolute atomic E-state index is 12.4. The molecular weight excluding hydrogens is 320 g/mol. The minimum Gasteiger partial charge on any atom is -0.321 e. The van der Waals surface area contributed by atoms with Gasteiger partial charge in [0.15, 0.2) is 11.2 Å². The molecule has 0 aromatic carbocycles. The number of imidazole rings is 1. The van der Waals surface area contributed by atoms with E-state index in [4.69, 9.17) is 0 Å². The van der Waals surface area contributed by atoms with Crippen molar-refractivity contribution >= 4 is 11.2 Å². The van der Waals surface area contributed by atoms with Crippen LogP contribution in [0.1, 0.15) is 46.2 Å². The lowest BCUT2D eigenvalue weighted by Crippen LogP contribution is -2.31. The first-order chi connectivity index (χ1) is 11.8. The number of H-pyrrole nitrogens is 2. The molecule has 0 radical (unpaired) electrons. The van der Waals surface area contributed by atoms with E-state index in [1.807, 2.05) is 0 Å². The Kier molecular flexibility index (Phi) is 4.14. The Morgan fingerprint density at radius 3 is 2.60 bits per heavy atom. The third kappa shape index (κ3) is 2.81. The van der Waals surface area contributed by atoms with E-state index < -0.39 is 11.2 Å². The van der Waals surface area contributed by atoms with Gasteiger partial charge >= 0.3 is 5.69 Å². The molecule has 0 spiro atoms. The molecule has 0 fully saturated rings. The summed E-state index contributed by atoms with van der Waals surface area (Å²) in [7, 11) is 1.79. The molecule has 3 aromatic rings. The Hall–Kier alpha value is -2.64. The number of aryl methyl sites for hydroxylation is 2. The van der Waals surface area contributed by atoms with Gasteiger partial charge in [-0.1, -0.05) is 34.1 Å². The maximum Gasteiger partial charge on any atom is 0.330 e. The van der Waals surface area contributed by atoms with Crippen LogP contribution in [0, 0.1) is 0 Å². The highest BCUT2D eigenvalue weighted by Crippen LogP contribution is 2.31. The summed E-state index contributed by atoms with van der Waals surface area (Å²) in [5.74, 6) is 0.620. The number of rotatable bonds is 4. The van der Waals surface area contributed by atoms with Crippen LogP contribution >= 0.6 is 0 Å². The van der Waals surface area contributed by atoms with Gasteiger partial charge in [-0.15, -0.1) is 0 Å². The van der Waals surface area contributed by atoms with Crippen LogP contribution in [-0.2, 0) is 19.0 Å². The average Bonchev–Trinajstić information content (AvgIpc) is 3.11. The van der Waals surface area contributed by atoms with Crippen molar-refractivity contribution in [2.24, 2.45) is 7.05 Å². The van der Waals surface area contributed by atoms with E-state index >= 15 is 0 Å².